The molecule has 0 unspecified atom stereocenters. The van der Waals surface area contributed by atoms with Crippen molar-refractivity contribution in [1.29, 1.82) is 0 Å². The predicted molar refractivity (Wildman–Crippen MR) is 69.7 cm³/mol. The lowest BCUT2D eigenvalue weighted by atomic mass is 10.1. The maximum atomic E-state index is 11.9. The van der Waals surface area contributed by atoms with Gasteiger partial charge in [-0.1, -0.05) is 30.3 Å². The summed E-state index contributed by atoms with van der Waals surface area (Å²) in [7, 11) is 0. The second kappa shape index (κ2) is 6.15. The number of aliphatic hydroxyl groups excluding tert-OH is 1. The summed E-state index contributed by atoms with van der Waals surface area (Å²) < 4.78 is 5.02. The Hall–Kier alpha value is -2.14. The monoisotopic (exact) mass is 260 g/mol. The Morgan fingerprint density at radius 1 is 1.42 bits per heavy atom. The Morgan fingerprint density at radius 2 is 2.16 bits per heavy atom. The minimum Gasteiger partial charge on any atom is -0.438 e. The van der Waals surface area contributed by atoms with Gasteiger partial charge in [-0.3, -0.25) is 4.79 Å². The van der Waals surface area contributed by atoms with Gasteiger partial charge in [0.1, 0.15) is 0 Å². The minimum absolute atomic E-state index is 0.131. The van der Waals surface area contributed by atoms with Crippen molar-refractivity contribution >= 4 is 5.91 Å². The van der Waals surface area contributed by atoms with Crippen LogP contribution >= 0.6 is 0 Å². The summed E-state index contributed by atoms with van der Waals surface area (Å²) in [4.78, 5) is 15.8. The Labute approximate surface area is 111 Å². The molecule has 0 radical (unpaired) electrons. The number of hydrogen-bond donors (Lipinski definition) is 2. The highest BCUT2D eigenvalue weighted by atomic mass is 16.3. The predicted octanol–water partition coefficient (Wildman–Crippen LogP) is 1.32. The molecule has 2 rings (SSSR count). The number of aliphatic hydroxyl groups is 1. The molecule has 2 N–H and O–H groups in total. The molecule has 0 fully saturated rings. The molecule has 1 atom stereocenters. The van der Waals surface area contributed by atoms with E-state index in [4.69, 9.17) is 4.42 Å². The van der Waals surface area contributed by atoms with Gasteiger partial charge in [0.2, 0.25) is 5.76 Å². The van der Waals surface area contributed by atoms with Gasteiger partial charge < -0.3 is 14.8 Å². The van der Waals surface area contributed by atoms with Gasteiger partial charge in [-0.15, -0.1) is 0 Å². The normalized spacial score (nSPS) is 12.1. The van der Waals surface area contributed by atoms with E-state index < -0.39 is 0 Å². The van der Waals surface area contributed by atoms with Gasteiger partial charge in [-0.25, -0.2) is 4.98 Å². The van der Waals surface area contributed by atoms with Gasteiger partial charge in [-0.2, -0.15) is 0 Å². The average molecular weight is 260 g/mol. The number of carbonyl (C=O) groups excluding carboxylic acids is 1. The van der Waals surface area contributed by atoms with Crippen molar-refractivity contribution in [1.82, 2.24) is 10.3 Å². The second-order valence-corrected chi connectivity index (χ2v) is 4.31. The molecular formula is C14H16N2O3. The van der Waals surface area contributed by atoms with E-state index in [1.807, 2.05) is 30.3 Å². The van der Waals surface area contributed by atoms with Crippen LogP contribution in [-0.4, -0.2) is 28.6 Å². The molecule has 1 amide bonds. The lowest BCUT2D eigenvalue weighted by Gasteiger charge is -2.15. The third-order valence-electron chi connectivity index (χ3n) is 2.83. The standard InChI is InChI=1S/C14H16N2O3/c1-10-13(19-9-15-10)14(18)16-12(8-17)7-11-5-3-2-4-6-11/h2-6,9,12,17H,7-8H2,1H3,(H,16,18)/t12-/m0/s1. The number of aromatic nitrogens is 1. The fourth-order valence-electron chi connectivity index (χ4n) is 1.83. The first kappa shape index (κ1) is 13.3. The van der Waals surface area contributed by atoms with Crippen molar-refractivity contribution < 1.29 is 14.3 Å². The Kier molecular flexibility index (Phi) is 4.30. The maximum Gasteiger partial charge on any atom is 0.289 e. The summed E-state index contributed by atoms with van der Waals surface area (Å²) >= 11 is 0. The van der Waals surface area contributed by atoms with Crippen LogP contribution in [0.3, 0.4) is 0 Å². The first-order valence-corrected chi connectivity index (χ1v) is 6.06. The molecule has 1 aromatic carbocycles. The van der Waals surface area contributed by atoms with E-state index in [-0.39, 0.29) is 24.3 Å². The van der Waals surface area contributed by atoms with Crippen LogP contribution in [0.4, 0.5) is 0 Å². The molecular weight excluding hydrogens is 244 g/mol. The molecule has 0 aliphatic rings. The molecule has 2 aromatic rings. The smallest absolute Gasteiger partial charge is 0.289 e. The highest BCUT2D eigenvalue weighted by molar-refractivity contribution is 5.92. The van der Waals surface area contributed by atoms with Crippen molar-refractivity contribution in [3.63, 3.8) is 0 Å². The zero-order valence-electron chi connectivity index (χ0n) is 10.7. The number of oxazole rings is 1. The number of hydrogen-bond acceptors (Lipinski definition) is 4. The summed E-state index contributed by atoms with van der Waals surface area (Å²) in [6.07, 6.45) is 1.80. The van der Waals surface area contributed by atoms with Crippen LogP contribution in [0.15, 0.2) is 41.1 Å². The molecule has 0 aliphatic carbocycles. The lowest BCUT2D eigenvalue weighted by molar-refractivity contribution is 0.0887. The summed E-state index contributed by atoms with van der Waals surface area (Å²) in [6, 6.07) is 9.33. The van der Waals surface area contributed by atoms with Crippen molar-refractivity contribution in [3.8, 4) is 0 Å². The Morgan fingerprint density at radius 3 is 2.74 bits per heavy atom. The summed E-state index contributed by atoms with van der Waals surface area (Å²) in [5.41, 5.74) is 1.59. The van der Waals surface area contributed by atoms with E-state index in [1.54, 1.807) is 6.92 Å². The van der Waals surface area contributed by atoms with Gasteiger partial charge >= 0.3 is 0 Å². The SMILES string of the molecule is Cc1ncoc1C(=O)N[C@H](CO)Cc1ccccc1. The molecule has 0 saturated heterocycles. The van der Waals surface area contributed by atoms with Crippen molar-refractivity contribution in [2.24, 2.45) is 0 Å². The first-order valence-electron chi connectivity index (χ1n) is 6.06. The fourth-order valence-corrected chi connectivity index (χ4v) is 1.83. The molecule has 100 valence electrons. The largest absolute Gasteiger partial charge is 0.438 e. The number of benzene rings is 1. The molecule has 0 saturated carbocycles. The highest BCUT2D eigenvalue weighted by Gasteiger charge is 2.18. The van der Waals surface area contributed by atoms with E-state index in [0.717, 1.165) is 5.56 Å². The minimum atomic E-state index is -0.356. The number of nitrogens with one attached hydrogen (secondary N) is 1. The van der Waals surface area contributed by atoms with E-state index >= 15 is 0 Å². The third kappa shape index (κ3) is 3.42. The summed E-state index contributed by atoms with van der Waals surface area (Å²) in [5.74, 6) is -0.170. The Bertz CT molecular complexity index is 537. The van der Waals surface area contributed by atoms with Gasteiger partial charge in [0.05, 0.1) is 18.3 Å². The van der Waals surface area contributed by atoms with Gasteiger partial charge in [-0.05, 0) is 18.9 Å². The van der Waals surface area contributed by atoms with Crippen LogP contribution in [0.1, 0.15) is 21.8 Å². The molecule has 0 spiro atoms. The maximum absolute atomic E-state index is 11.9. The number of aryl methyl sites for hydroxylation is 1. The molecule has 5 nitrogen and oxygen atoms in total. The zero-order chi connectivity index (χ0) is 13.7. The van der Waals surface area contributed by atoms with E-state index in [0.29, 0.717) is 12.1 Å². The number of amides is 1. The fraction of sp³-hybridized carbons (Fsp3) is 0.286. The van der Waals surface area contributed by atoms with Gasteiger partial charge in [0.15, 0.2) is 6.39 Å². The quantitative estimate of drug-likeness (QED) is 0.850. The van der Waals surface area contributed by atoms with Crippen LogP contribution in [0.5, 0.6) is 0 Å². The first-order chi connectivity index (χ1) is 9.20. The topological polar surface area (TPSA) is 75.4 Å². The Balaban J connectivity index is 2.00. The average Bonchev–Trinajstić information content (AvgIpc) is 2.85. The molecule has 5 heteroatoms. The van der Waals surface area contributed by atoms with Gasteiger partial charge in [0, 0.05) is 0 Å². The highest BCUT2D eigenvalue weighted by Crippen LogP contribution is 2.07. The molecule has 19 heavy (non-hydrogen) atoms. The number of nitrogens with zero attached hydrogens (tertiary/aromatic N) is 1. The van der Waals surface area contributed by atoms with Crippen LogP contribution in [-0.2, 0) is 6.42 Å². The lowest BCUT2D eigenvalue weighted by Crippen LogP contribution is -2.39. The van der Waals surface area contributed by atoms with E-state index in [1.165, 1.54) is 6.39 Å². The summed E-state index contributed by atoms with van der Waals surface area (Å²) in [5, 5.41) is 12.1. The second-order valence-electron chi connectivity index (χ2n) is 4.31. The van der Waals surface area contributed by atoms with Crippen molar-refractivity contribution in [2.45, 2.75) is 19.4 Å². The van der Waals surface area contributed by atoms with Crippen LogP contribution in [0.2, 0.25) is 0 Å². The van der Waals surface area contributed by atoms with Crippen LogP contribution in [0, 0.1) is 6.92 Å². The van der Waals surface area contributed by atoms with Crippen molar-refractivity contribution in [2.75, 3.05) is 6.61 Å². The molecule has 0 bridgehead atoms. The van der Waals surface area contributed by atoms with E-state index in [2.05, 4.69) is 10.3 Å². The third-order valence-corrected chi connectivity index (χ3v) is 2.83. The zero-order valence-corrected chi connectivity index (χ0v) is 10.7. The number of rotatable bonds is 5. The van der Waals surface area contributed by atoms with Crippen molar-refractivity contribution in [3.05, 3.63) is 53.7 Å². The van der Waals surface area contributed by atoms with E-state index in [9.17, 15) is 9.90 Å². The summed E-state index contributed by atoms with van der Waals surface area (Å²) in [6.45, 7) is 1.57. The van der Waals surface area contributed by atoms with Crippen LogP contribution in [0.25, 0.3) is 0 Å². The molecule has 0 aliphatic heterocycles. The van der Waals surface area contributed by atoms with Crippen LogP contribution < -0.4 is 5.32 Å². The number of carbonyl (C=O) groups is 1. The molecule has 1 aromatic heterocycles. The molecule has 1 heterocycles. The van der Waals surface area contributed by atoms with Gasteiger partial charge in [0.25, 0.3) is 5.91 Å².